The molecule has 0 saturated heterocycles. The molecular formula is C11H16N2O3. The van der Waals surface area contributed by atoms with E-state index in [2.05, 4.69) is 5.32 Å². The fourth-order valence-electron chi connectivity index (χ4n) is 1.24. The van der Waals surface area contributed by atoms with Crippen LogP contribution in [0.15, 0.2) is 24.3 Å². The van der Waals surface area contributed by atoms with E-state index in [1.54, 1.807) is 19.2 Å². The molecule has 0 aromatic heterocycles. The van der Waals surface area contributed by atoms with Crippen molar-refractivity contribution in [3.05, 3.63) is 39.9 Å². The summed E-state index contributed by atoms with van der Waals surface area (Å²) in [4.78, 5) is 10.0. The molecular weight excluding hydrogens is 208 g/mol. The number of methoxy groups -OCH3 is 1. The molecule has 0 heterocycles. The number of nitrogens with one attached hydrogen (secondary N) is 1. The summed E-state index contributed by atoms with van der Waals surface area (Å²) in [6.07, 6.45) is 0.165. The maximum absolute atomic E-state index is 10.4. The number of rotatable bonds is 6. The lowest BCUT2D eigenvalue weighted by molar-refractivity contribution is -0.384. The largest absolute Gasteiger partial charge is 0.380 e. The number of non-ortho nitro benzene ring substituents is 1. The van der Waals surface area contributed by atoms with Crippen LogP contribution in [0.2, 0.25) is 0 Å². The number of benzene rings is 1. The van der Waals surface area contributed by atoms with Crippen molar-refractivity contribution >= 4 is 5.69 Å². The third-order valence-corrected chi connectivity index (χ3v) is 2.31. The van der Waals surface area contributed by atoms with E-state index in [0.29, 0.717) is 6.54 Å². The zero-order valence-electron chi connectivity index (χ0n) is 9.47. The van der Waals surface area contributed by atoms with Crippen molar-refractivity contribution in [3.63, 3.8) is 0 Å². The molecule has 0 fully saturated rings. The van der Waals surface area contributed by atoms with E-state index in [4.69, 9.17) is 4.74 Å². The first kappa shape index (κ1) is 12.6. The fourth-order valence-corrected chi connectivity index (χ4v) is 1.24. The first-order valence-corrected chi connectivity index (χ1v) is 5.10. The average molecular weight is 224 g/mol. The molecule has 5 heteroatoms. The summed E-state index contributed by atoms with van der Waals surface area (Å²) in [6.45, 7) is 3.42. The van der Waals surface area contributed by atoms with Gasteiger partial charge < -0.3 is 10.1 Å². The van der Waals surface area contributed by atoms with E-state index >= 15 is 0 Å². The quantitative estimate of drug-likeness (QED) is 0.590. The SMILES string of the molecule is CO[C@H](C)CNCc1ccc([N+](=O)[O-])cc1. The second-order valence-corrected chi connectivity index (χ2v) is 3.60. The topological polar surface area (TPSA) is 64.4 Å². The first-order valence-electron chi connectivity index (χ1n) is 5.10. The van der Waals surface area contributed by atoms with E-state index in [9.17, 15) is 10.1 Å². The highest BCUT2D eigenvalue weighted by Gasteiger charge is 2.04. The van der Waals surface area contributed by atoms with E-state index in [0.717, 1.165) is 12.1 Å². The van der Waals surface area contributed by atoms with Crippen LogP contribution in [0, 0.1) is 10.1 Å². The number of nitro groups is 1. The van der Waals surface area contributed by atoms with Crippen molar-refractivity contribution in [3.8, 4) is 0 Å². The van der Waals surface area contributed by atoms with Gasteiger partial charge in [0.1, 0.15) is 0 Å². The molecule has 0 saturated carbocycles. The van der Waals surface area contributed by atoms with E-state index in [1.807, 2.05) is 6.92 Å². The minimum absolute atomic E-state index is 0.119. The number of hydrogen-bond donors (Lipinski definition) is 1. The van der Waals surface area contributed by atoms with Gasteiger partial charge in [0, 0.05) is 32.3 Å². The second kappa shape index (κ2) is 6.19. The molecule has 16 heavy (non-hydrogen) atoms. The Balaban J connectivity index is 2.40. The number of hydrogen-bond acceptors (Lipinski definition) is 4. The summed E-state index contributed by atoms with van der Waals surface area (Å²) in [6, 6.07) is 6.53. The Morgan fingerprint density at radius 1 is 1.44 bits per heavy atom. The van der Waals surface area contributed by atoms with Crippen molar-refractivity contribution in [2.75, 3.05) is 13.7 Å². The smallest absolute Gasteiger partial charge is 0.269 e. The monoisotopic (exact) mass is 224 g/mol. The Labute approximate surface area is 94.6 Å². The summed E-state index contributed by atoms with van der Waals surface area (Å²) in [5, 5.41) is 13.6. The van der Waals surface area contributed by atoms with E-state index < -0.39 is 4.92 Å². The molecule has 0 aliphatic heterocycles. The van der Waals surface area contributed by atoms with E-state index in [-0.39, 0.29) is 11.8 Å². The van der Waals surface area contributed by atoms with Gasteiger partial charge in [-0.15, -0.1) is 0 Å². The Hall–Kier alpha value is -1.46. The lowest BCUT2D eigenvalue weighted by Gasteiger charge is -2.10. The van der Waals surface area contributed by atoms with Crippen LogP contribution in [0.4, 0.5) is 5.69 Å². The van der Waals surface area contributed by atoms with E-state index in [1.165, 1.54) is 12.1 Å². The second-order valence-electron chi connectivity index (χ2n) is 3.60. The third kappa shape index (κ3) is 3.96. The summed E-state index contributed by atoms with van der Waals surface area (Å²) in [7, 11) is 1.66. The Morgan fingerprint density at radius 2 is 2.06 bits per heavy atom. The van der Waals surface area contributed by atoms with Crippen LogP contribution >= 0.6 is 0 Å². The van der Waals surface area contributed by atoms with Crippen LogP contribution in [-0.4, -0.2) is 24.7 Å². The molecule has 1 aromatic rings. The first-order chi connectivity index (χ1) is 7.63. The average Bonchev–Trinajstić information content (AvgIpc) is 2.29. The van der Waals surface area contributed by atoms with Gasteiger partial charge in [0.15, 0.2) is 0 Å². The molecule has 1 rings (SSSR count). The normalized spacial score (nSPS) is 12.4. The lowest BCUT2D eigenvalue weighted by Crippen LogP contribution is -2.25. The maximum atomic E-state index is 10.4. The van der Waals surface area contributed by atoms with Gasteiger partial charge in [-0.2, -0.15) is 0 Å². The van der Waals surface area contributed by atoms with Gasteiger partial charge in [0.2, 0.25) is 0 Å². The minimum atomic E-state index is -0.399. The Bertz CT molecular complexity index is 338. The fraction of sp³-hybridized carbons (Fsp3) is 0.455. The van der Waals surface area contributed by atoms with Crippen molar-refractivity contribution in [1.82, 2.24) is 5.32 Å². The molecule has 1 atom stereocenters. The molecule has 0 radical (unpaired) electrons. The van der Waals surface area contributed by atoms with Crippen LogP contribution in [0.25, 0.3) is 0 Å². The Kier molecular flexibility index (Phi) is 4.88. The summed E-state index contributed by atoms with van der Waals surface area (Å²) in [5.74, 6) is 0. The number of ether oxygens (including phenoxy) is 1. The molecule has 0 bridgehead atoms. The minimum Gasteiger partial charge on any atom is -0.380 e. The molecule has 1 N–H and O–H groups in total. The molecule has 88 valence electrons. The van der Waals surface area contributed by atoms with Gasteiger partial charge in [0.25, 0.3) is 5.69 Å². The summed E-state index contributed by atoms with van der Waals surface area (Å²) >= 11 is 0. The summed E-state index contributed by atoms with van der Waals surface area (Å²) < 4.78 is 5.09. The zero-order valence-corrected chi connectivity index (χ0v) is 9.47. The third-order valence-electron chi connectivity index (χ3n) is 2.31. The van der Waals surface area contributed by atoms with Crippen LogP contribution in [0.1, 0.15) is 12.5 Å². The molecule has 0 aliphatic rings. The van der Waals surface area contributed by atoms with Crippen LogP contribution < -0.4 is 5.32 Å². The van der Waals surface area contributed by atoms with Gasteiger partial charge >= 0.3 is 0 Å². The molecule has 0 amide bonds. The molecule has 0 aliphatic carbocycles. The van der Waals surface area contributed by atoms with Crippen molar-refractivity contribution in [1.29, 1.82) is 0 Å². The van der Waals surface area contributed by atoms with Crippen molar-refractivity contribution in [2.24, 2.45) is 0 Å². The highest BCUT2D eigenvalue weighted by atomic mass is 16.6. The summed E-state index contributed by atoms with van der Waals surface area (Å²) in [5.41, 5.74) is 1.14. The highest BCUT2D eigenvalue weighted by molar-refractivity contribution is 5.32. The van der Waals surface area contributed by atoms with Gasteiger partial charge in [-0.1, -0.05) is 12.1 Å². The van der Waals surface area contributed by atoms with Crippen LogP contribution in [0.5, 0.6) is 0 Å². The van der Waals surface area contributed by atoms with Crippen LogP contribution in [-0.2, 0) is 11.3 Å². The number of nitro benzene ring substituents is 1. The molecule has 0 spiro atoms. The lowest BCUT2D eigenvalue weighted by atomic mass is 10.2. The van der Waals surface area contributed by atoms with Crippen molar-refractivity contribution < 1.29 is 9.66 Å². The van der Waals surface area contributed by atoms with Gasteiger partial charge in [-0.3, -0.25) is 10.1 Å². The zero-order chi connectivity index (χ0) is 12.0. The van der Waals surface area contributed by atoms with Crippen molar-refractivity contribution in [2.45, 2.75) is 19.6 Å². The van der Waals surface area contributed by atoms with Gasteiger partial charge in [-0.05, 0) is 12.5 Å². The predicted octanol–water partition coefficient (Wildman–Crippen LogP) is 1.72. The predicted molar refractivity (Wildman–Crippen MR) is 61.3 cm³/mol. The standard InChI is InChI=1S/C11H16N2O3/c1-9(16-2)7-12-8-10-3-5-11(6-4-10)13(14)15/h3-6,9,12H,7-8H2,1-2H3/t9-/m1/s1. The molecule has 0 unspecified atom stereocenters. The van der Waals surface area contributed by atoms with Gasteiger partial charge in [-0.25, -0.2) is 0 Å². The van der Waals surface area contributed by atoms with Gasteiger partial charge in [0.05, 0.1) is 11.0 Å². The maximum Gasteiger partial charge on any atom is 0.269 e. The molecule has 1 aromatic carbocycles. The highest BCUT2D eigenvalue weighted by Crippen LogP contribution is 2.11. The Morgan fingerprint density at radius 3 is 2.56 bits per heavy atom. The van der Waals surface area contributed by atoms with Crippen LogP contribution in [0.3, 0.4) is 0 Å². The number of nitrogens with zero attached hydrogens (tertiary/aromatic N) is 1. The molecule has 5 nitrogen and oxygen atoms in total.